The molecule has 0 amide bonds. The fraction of sp³-hybridized carbons (Fsp3) is 1.00. The van der Waals surface area contributed by atoms with Crippen molar-refractivity contribution in [1.29, 1.82) is 0 Å². The van der Waals surface area contributed by atoms with Gasteiger partial charge in [0, 0.05) is 25.8 Å². The molecule has 0 aliphatic carbocycles. The minimum Gasteiger partial charge on any atom is -0.393 e. The Hall–Kier alpha value is -0.120. The highest BCUT2D eigenvalue weighted by Gasteiger charge is 2.23. The number of nitrogens with zero attached hydrogens (tertiary/aromatic N) is 1. The average molecular weight is 199 g/mol. The van der Waals surface area contributed by atoms with Gasteiger partial charge < -0.3 is 14.7 Å². The Kier molecular flexibility index (Phi) is 3.79. The maximum Gasteiger partial charge on any atom is 0.0553 e. The molecule has 2 fully saturated rings. The normalized spacial score (nSPS) is 32.8. The first-order valence-electron chi connectivity index (χ1n) is 5.86. The fourth-order valence-corrected chi connectivity index (χ4v) is 2.52. The summed E-state index contributed by atoms with van der Waals surface area (Å²) in [5, 5.41) is 9.55. The Balaban J connectivity index is 1.83. The Morgan fingerprint density at radius 2 is 1.79 bits per heavy atom. The van der Waals surface area contributed by atoms with E-state index < -0.39 is 0 Å². The van der Waals surface area contributed by atoms with Crippen molar-refractivity contribution in [3.8, 4) is 0 Å². The summed E-state index contributed by atoms with van der Waals surface area (Å²) in [5.41, 5.74) is 0. The van der Waals surface area contributed by atoms with E-state index in [0.29, 0.717) is 6.04 Å². The first-order chi connectivity index (χ1) is 6.86. The molecule has 0 aromatic carbocycles. The van der Waals surface area contributed by atoms with Crippen LogP contribution in [0.15, 0.2) is 0 Å². The van der Waals surface area contributed by atoms with E-state index in [4.69, 9.17) is 4.74 Å². The molecule has 1 unspecified atom stereocenters. The third kappa shape index (κ3) is 2.69. The van der Waals surface area contributed by atoms with Crippen molar-refractivity contribution in [3.63, 3.8) is 0 Å². The Morgan fingerprint density at radius 1 is 1.00 bits per heavy atom. The maximum absolute atomic E-state index is 9.55. The van der Waals surface area contributed by atoms with Crippen LogP contribution in [0.4, 0.5) is 0 Å². The van der Waals surface area contributed by atoms with Gasteiger partial charge in [-0.1, -0.05) is 0 Å². The van der Waals surface area contributed by atoms with Crippen molar-refractivity contribution >= 4 is 0 Å². The molecule has 0 bridgehead atoms. The van der Waals surface area contributed by atoms with Crippen LogP contribution in [0, 0.1) is 0 Å². The van der Waals surface area contributed by atoms with Crippen LogP contribution in [0.5, 0.6) is 0 Å². The van der Waals surface area contributed by atoms with Gasteiger partial charge in [-0.05, 0) is 38.6 Å². The SMILES string of the molecule is OC1CCCN(C2CCOCC2)CC1. The molecule has 0 saturated carbocycles. The van der Waals surface area contributed by atoms with Gasteiger partial charge in [0.15, 0.2) is 0 Å². The number of rotatable bonds is 1. The van der Waals surface area contributed by atoms with E-state index in [2.05, 4.69) is 4.90 Å². The quantitative estimate of drug-likeness (QED) is 0.684. The van der Waals surface area contributed by atoms with Crippen molar-refractivity contribution in [2.45, 2.75) is 44.2 Å². The predicted octanol–water partition coefficient (Wildman–Crippen LogP) is 1.01. The van der Waals surface area contributed by atoms with E-state index in [1.54, 1.807) is 0 Å². The smallest absolute Gasteiger partial charge is 0.0553 e. The molecule has 2 aliphatic heterocycles. The molecule has 14 heavy (non-hydrogen) atoms. The second-order valence-corrected chi connectivity index (χ2v) is 4.46. The molecule has 1 atom stereocenters. The van der Waals surface area contributed by atoms with Gasteiger partial charge in [-0.25, -0.2) is 0 Å². The Labute approximate surface area is 86.0 Å². The highest BCUT2D eigenvalue weighted by atomic mass is 16.5. The van der Waals surface area contributed by atoms with Crippen LogP contribution in [0.1, 0.15) is 32.1 Å². The van der Waals surface area contributed by atoms with Crippen LogP contribution in [-0.4, -0.2) is 48.5 Å². The summed E-state index contributed by atoms with van der Waals surface area (Å²) >= 11 is 0. The van der Waals surface area contributed by atoms with Gasteiger partial charge in [0.2, 0.25) is 0 Å². The molecule has 3 heteroatoms. The molecule has 3 nitrogen and oxygen atoms in total. The molecule has 2 rings (SSSR count). The number of aliphatic hydroxyl groups excluding tert-OH is 1. The van der Waals surface area contributed by atoms with Crippen molar-refractivity contribution < 1.29 is 9.84 Å². The highest BCUT2D eigenvalue weighted by molar-refractivity contribution is 4.78. The average Bonchev–Trinajstić information content (AvgIpc) is 2.44. The van der Waals surface area contributed by atoms with Gasteiger partial charge >= 0.3 is 0 Å². The van der Waals surface area contributed by atoms with Crippen LogP contribution in [0.3, 0.4) is 0 Å². The third-order valence-corrected chi connectivity index (χ3v) is 3.44. The van der Waals surface area contributed by atoms with Crippen LogP contribution in [0.25, 0.3) is 0 Å². The first kappa shape index (κ1) is 10.4. The zero-order valence-corrected chi connectivity index (χ0v) is 8.82. The molecule has 0 aromatic heterocycles. The van der Waals surface area contributed by atoms with Gasteiger partial charge in [-0.15, -0.1) is 0 Å². The van der Waals surface area contributed by atoms with Crippen LogP contribution in [0.2, 0.25) is 0 Å². The molecular weight excluding hydrogens is 178 g/mol. The standard InChI is InChI=1S/C11H21NO2/c13-11-2-1-6-12(7-3-11)10-4-8-14-9-5-10/h10-11,13H,1-9H2. The summed E-state index contributed by atoms with van der Waals surface area (Å²) in [5.74, 6) is 0. The molecular formula is C11H21NO2. The predicted molar refractivity (Wildman–Crippen MR) is 55.3 cm³/mol. The molecule has 0 aromatic rings. The van der Waals surface area contributed by atoms with E-state index in [-0.39, 0.29) is 6.10 Å². The fourth-order valence-electron chi connectivity index (χ4n) is 2.52. The number of hydrogen-bond acceptors (Lipinski definition) is 3. The van der Waals surface area contributed by atoms with Crippen LogP contribution in [-0.2, 0) is 4.74 Å². The topological polar surface area (TPSA) is 32.7 Å². The van der Waals surface area contributed by atoms with E-state index in [9.17, 15) is 5.11 Å². The van der Waals surface area contributed by atoms with Crippen molar-refractivity contribution in [3.05, 3.63) is 0 Å². The Bertz CT molecular complexity index is 169. The second-order valence-electron chi connectivity index (χ2n) is 4.46. The van der Waals surface area contributed by atoms with E-state index in [1.807, 2.05) is 0 Å². The monoisotopic (exact) mass is 199 g/mol. The van der Waals surface area contributed by atoms with Crippen molar-refractivity contribution in [2.24, 2.45) is 0 Å². The molecule has 1 N–H and O–H groups in total. The number of hydrogen-bond donors (Lipinski definition) is 1. The van der Waals surface area contributed by atoms with E-state index in [0.717, 1.165) is 39.0 Å². The summed E-state index contributed by atoms with van der Waals surface area (Å²) in [7, 11) is 0. The van der Waals surface area contributed by atoms with Gasteiger partial charge in [0.05, 0.1) is 6.10 Å². The van der Waals surface area contributed by atoms with Gasteiger partial charge in [0.1, 0.15) is 0 Å². The van der Waals surface area contributed by atoms with Crippen molar-refractivity contribution in [2.75, 3.05) is 26.3 Å². The summed E-state index contributed by atoms with van der Waals surface area (Å²) in [4.78, 5) is 2.55. The van der Waals surface area contributed by atoms with Gasteiger partial charge in [0.25, 0.3) is 0 Å². The summed E-state index contributed by atoms with van der Waals surface area (Å²) in [6.45, 7) is 4.08. The number of aliphatic hydroxyl groups is 1. The van der Waals surface area contributed by atoms with E-state index in [1.165, 1.54) is 19.4 Å². The lowest BCUT2D eigenvalue weighted by atomic mass is 10.1. The zero-order chi connectivity index (χ0) is 9.80. The van der Waals surface area contributed by atoms with E-state index >= 15 is 0 Å². The molecule has 0 radical (unpaired) electrons. The molecule has 82 valence electrons. The van der Waals surface area contributed by atoms with Crippen LogP contribution >= 0.6 is 0 Å². The third-order valence-electron chi connectivity index (χ3n) is 3.44. The lowest BCUT2D eigenvalue weighted by Gasteiger charge is -2.33. The highest BCUT2D eigenvalue weighted by Crippen LogP contribution is 2.19. The number of likely N-dealkylation sites (tertiary alicyclic amines) is 1. The minimum atomic E-state index is -0.0557. The van der Waals surface area contributed by atoms with Gasteiger partial charge in [-0.3, -0.25) is 0 Å². The molecule has 2 saturated heterocycles. The molecule has 2 heterocycles. The molecule has 2 aliphatic rings. The number of ether oxygens (including phenoxy) is 1. The summed E-state index contributed by atoms with van der Waals surface area (Å²) in [6.07, 6.45) is 5.39. The Morgan fingerprint density at radius 3 is 2.57 bits per heavy atom. The lowest BCUT2D eigenvalue weighted by molar-refractivity contribution is 0.0339. The maximum atomic E-state index is 9.55. The van der Waals surface area contributed by atoms with Gasteiger partial charge in [-0.2, -0.15) is 0 Å². The largest absolute Gasteiger partial charge is 0.393 e. The zero-order valence-electron chi connectivity index (χ0n) is 8.82. The van der Waals surface area contributed by atoms with Crippen molar-refractivity contribution in [1.82, 2.24) is 4.90 Å². The lowest BCUT2D eigenvalue weighted by Crippen LogP contribution is -2.40. The first-order valence-corrected chi connectivity index (χ1v) is 5.86. The molecule has 0 spiro atoms. The summed E-state index contributed by atoms with van der Waals surface area (Å²) in [6, 6.07) is 0.717. The second kappa shape index (κ2) is 5.10. The summed E-state index contributed by atoms with van der Waals surface area (Å²) < 4.78 is 5.37. The minimum absolute atomic E-state index is 0.0557. The van der Waals surface area contributed by atoms with Crippen LogP contribution < -0.4 is 0 Å².